The van der Waals surface area contributed by atoms with Gasteiger partial charge in [0, 0.05) is 18.8 Å². The smallest absolute Gasteiger partial charge is 0.305 e. The van der Waals surface area contributed by atoms with Gasteiger partial charge in [0.15, 0.2) is 0 Å². The fourth-order valence-corrected chi connectivity index (χ4v) is 4.77. The number of unbranched alkanes of at least 4 members (excludes halogenated alkanes) is 4. The maximum absolute atomic E-state index is 12.8. The van der Waals surface area contributed by atoms with E-state index >= 15 is 0 Å². The lowest BCUT2D eigenvalue weighted by atomic mass is 9.87. The van der Waals surface area contributed by atoms with E-state index in [4.69, 9.17) is 0 Å². The maximum atomic E-state index is 12.8. The van der Waals surface area contributed by atoms with Crippen LogP contribution >= 0.6 is 0 Å². The predicted molar refractivity (Wildman–Crippen MR) is 128 cm³/mol. The summed E-state index contributed by atoms with van der Waals surface area (Å²) in [6, 6.07) is 21.6. The number of piperidine rings is 1. The van der Waals surface area contributed by atoms with Crippen molar-refractivity contribution < 1.29 is 14.3 Å². The van der Waals surface area contributed by atoms with Crippen LogP contribution in [0.25, 0.3) is 0 Å². The summed E-state index contributed by atoms with van der Waals surface area (Å²) in [6.07, 6.45) is 8.12. The zero-order chi connectivity index (χ0) is 22.6. The van der Waals surface area contributed by atoms with E-state index in [0.717, 1.165) is 58.0 Å². The predicted octanol–water partition coefficient (Wildman–Crippen LogP) is 5.96. The van der Waals surface area contributed by atoms with Crippen molar-refractivity contribution in [1.29, 1.82) is 0 Å². The molecule has 0 radical (unpaired) electrons. The van der Waals surface area contributed by atoms with Gasteiger partial charge in [-0.15, -0.1) is 0 Å². The molecule has 0 bridgehead atoms. The van der Waals surface area contributed by atoms with Gasteiger partial charge in [-0.25, -0.2) is 0 Å². The van der Waals surface area contributed by atoms with Crippen molar-refractivity contribution in [3.8, 4) is 0 Å². The molecule has 32 heavy (non-hydrogen) atoms. The third-order valence-corrected chi connectivity index (χ3v) is 6.61. The Labute approximate surface area is 193 Å². The van der Waals surface area contributed by atoms with Crippen molar-refractivity contribution in [3.63, 3.8) is 0 Å². The van der Waals surface area contributed by atoms with E-state index in [-0.39, 0.29) is 17.9 Å². The summed E-state index contributed by atoms with van der Waals surface area (Å²) >= 11 is 0. The van der Waals surface area contributed by atoms with Gasteiger partial charge in [-0.05, 0) is 49.9 Å². The molecule has 4 nitrogen and oxygen atoms in total. The summed E-state index contributed by atoms with van der Waals surface area (Å²) in [6.45, 7) is 1.91. The summed E-state index contributed by atoms with van der Waals surface area (Å²) < 4.78 is 4.66. The van der Waals surface area contributed by atoms with Gasteiger partial charge in [0.2, 0.25) is 0 Å². The lowest BCUT2D eigenvalue weighted by Crippen LogP contribution is -2.39. The van der Waals surface area contributed by atoms with Crippen molar-refractivity contribution >= 4 is 11.8 Å². The SMILES string of the molecule is COC(=O)CCCCCCCC(=O)C1CCN(C(c2ccccc2)c2ccccc2)CC1. The third kappa shape index (κ3) is 7.30. The Bertz CT molecular complexity index is 774. The fraction of sp³-hybridized carbons (Fsp3) is 0.500. The van der Waals surface area contributed by atoms with Crippen molar-refractivity contribution in [1.82, 2.24) is 4.90 Å². The number of Topliss-reactive ketones (excluding diaryl/α,β-unsaturated/α-hetero) is 1. The number of methoxy groups -OCH3 is 1. The number of carbonyl (C=O) groups excluding carboxylic acids is 2. The van der Waals surface area contributed by atoms with Gasteiger partial charge < -0.3 is 4.74 Å². The monoisotopic (exact) mass is 435 g/mol. The maximum Gasteiger partial charge on any atom is 0.305 e. The fourth-order valence-electron chi connectivity index (χ4n) is 4.77. The van der Waals surface area contributed by atoms with E-state index in [1.54, 1.807) is 0 Å². The van der Waals surface area contributed by atoms with Crippen LogP contribution in [0.2, 0.25) is 0 Å². The zero-order valence-electron chi connectivity index (χ0n) is 19.4. The molecule has 2 aromatic rings. The number of benzene rings is 2. The van der Waals surface area contributed by atoms with Gasteiger partial charge in [0.1, 0.15) is 5.78 Å². The van der Waals surface area contributed by atoms with Crippen LogP contribution in [0.15, 0.2) is 60.7 Å². The minimum absolute atomic E-state index is 0.131. The second kappa shape index (κ2) is 13.2. The highest BCUT2D eigenvalue weighted by molar-refractivity contribution is 5.81. The van der Waals surface area contributed by atoms with Crippen molar-refractivity contribution in [3.05, 3.63) is 71.8 Å². The molecule has 2 aromatic carbocycles. The van der Waals surface area contributed by atoms with E-state index in [2.05, 4.69) is 70.3 Å². The Hall–Kier alpha value is -2.46. The second-order valence-corrected chi connectivity index (χ2v) is 8.84. The lowest BCUT2D eigenvalue weighted by Gasteiger charge is -2.37. The number of ether oxygens (including phenoxy) is 1. The van der Waals surface area contributed by atoms with Crippen LogP contribution in [0.1, 0.15) is 75.0 Å². The summed E-state index contributed by atoms with van der Waals surface area (Å²) in [4.78, 5) is 26.4. The molecular weight excluding hydrogens is 398 g/mol. The second-order valence-electron chi connectivity index (χ2n) is 8.84. The van der Waals surface area contributed by atoms with Crippen LogP contribution in [-0.2, 0) is 14.3 Å². The first kappa shape index (κ1) is 24.2. The number of likely N-dealkylation sites (tertiary alicyclic amines) is 1. The molecule has 172 valence electrons. The summed E-state index contributed by atoms with van der Waals surface area (Å²) in [5.74, 6) is 0.515. The average molecular weight is 436 g/mol. The molecule has 0 saturated carbocycles. The number of rotatable bonds is 12. The van der Waals surface area contributed by atoms with E-state index in [1.807, 2.05) is 0 Å². The minimum Gasteiger partial charge on any atom is -0.469 e. The molecule has 1 aliphatic rings. The van der Waals surface area contributed by atoms with Crippen LogP contribution in [0.3, 0.4) is 0 Å². The molecule has 4 heteroatoms. The van der Waals surface area contributed by atoms with E-state index in [9.17, 15) is 9.59 Å². The largest absolute Gasteiger partial charge is 0.469 e. The van der Waals surface area contributed by atoms with E-state index in [1.165, 1.54) is 18.2 Å². The van der Waals surface area contributed by atoms with Crippen LogP contribution in [-0.4, -0.2) is 36.9 Å². The molecule has 1 aliphatic heterocycles. The molecule has 1 fully saturated rings. The molecule has 3 rings (SSSR count). The standard InChI is InChI=1S/C28H37NO3/c1-32-27(31)18-12-4-2-3-11-17-26(30)23-19-21-29(22-20-23)28(24-13-7-5-8-14-24)25-15-9-6-10-16-25/h5-10,13-16,23,28H,2-4,11-12,17-22H2,1H3. The van der Waals surface area contributed by atoms with Crippen LogP contribution in [0, 0.1) is 5.92 Å². The van der Waals surface area contributed by atoms with Crippen LogP contribution in [0.5, 0.6) is 0 Å². The Morgan fingerprint density at radius 3 is 1.84 bits per heavy atom. The van der Waals surface area contributed by atoms with Gasteiger partial charge in [0.25, 0.3) is 0 Å². The minimum atomic E-state index is -0.131. The topological polar surface area (TPSA) is 46.6 Å². The van der Waals surface area contributed by atoms with Crippen LogP contribution in [0.4, 0.5) is 0 Å². The first-order valence-corrected chi connectivity index (χ1v) is 12.1. The first-order valence-electron chi connectivity index (χ1n) is 12.1. The molecule has 0 amide bonds. The zero-order valence-corrected chi connectivity index (χ0v) is 19.4. The van der Waals surface area contributed by atoms with Gasteiger partial charge in [0.05, 0.1) is 13.2 Å². The highest BCUT2D eigenvalue weighted by Gasteiger charge is 2.29. The Morgan fingerprint density at radius 1 is 0.812 bits per heavy atom. The highest BCUT2D eigenvalue weighted by atomic mass is 16.5. The lowest BCUT2D eigenvalue weighted by molar-refractivity contribution is -0.140. The van der Waals surface area contributed by atoms with Gasteiger partial charge in [-0.3, -0.25) is 14.5 Å². The number of esters is 1. The number of carbonyl (C=O) groups is 2. The normalized spacial score (nSPS) is 15.1. The van der Waals surface area contributed by atoms with Crippen LogP contribution < -0.4 is 0 Å². The first-order chi connectivity index (χ1) is 15.7. The third-order valence-electron chi connectivity index (χ3n) is 6.61. The summed E-state index contributed by atoms with van der Waals surface area (Å²) in [5.41, 5.74) is 2.63. The molecular formula is C28H37NO3. The molecule has 0 spiro atoms. The number of hydrogen-bond acceptors (Lipinski definition) is 4. The molecule has 0 unspecified atom stereocenters. The molecule has 0 aromatic heterocycles. The van der Waals surface area contributed by atoms with Gasteiger partial charge >= 0.3 is 5.97 Å². The quantitative estimate of drug-likeness (QED) is 0.305. The highest BCUT2D eigenvalue weighted by Crippen LogP contribution is 2.33. The van der Waals surface area contributed by atoms with Gasteiger partial charge in [-0.1, -0.05) is 79.9 Å². The number of ketones is 1. The average Bonchev–Trinajstić information content (AvgIpc) is 2.85. The van der Waals surface area contributed by atoms with E-state index < -0.39 is 0 Å². The molecule has 0 N–H and O–H groups in total. The van der Waals surface area contributed by atoms with Crippen molar-refractivity contribution in [2.24, 2.45) is 5.92 Å². The Balaban J connectivity index is 1.43. The number of nitrogens with zero attached hydrogens (tertiary/aromatic N) is 1. The molecule has 1 heterocycles. The van der Waals surface area contributed by atoms with E-state index in [0.29, 0.717) is 18.6 Å². The molecule has 0 atom stereocenters. The van der Waals surface area contributed by atoms with Crippen molar-refractivity contribution in [2.75, 3.05) is 20.2 Å². The Kier molecular flexibility index (Phi) is 9.96. The molecule has 0 aliphatic carbocycles. The molecule has 1 saturated heterocycles. The Morgan fingerprint density at radius 2 is 1.31 bits per heavy atom. The number of hydrogen-bond donors (Lipinski definition) is 0. The van der Waals surface area contributed by atoms with Gasteiger partial charge in [-0.2, -0.15) is 0 Å². The van der Waals surface area contributed by atoms with Crippen molar-refractivity contribution in [2.45, 2.75) is 63.8 Å². The summed E-state index contributed by atoms with van der Waals surface area (Å²) in [5, 5.41) is 0. The summed E-state index contributed by atoms with van der Waals surface area (Å²) in [7, 11) is 1.43.